The van der Waals surface area contributed by atoms with E-state index in [0.717, 1.165) is 0 Å². The molecule has 0 atom stereocenters. The van der Waals surface area contributed by atoms with E-state index in [1.165, 1.54) is 24.3 Å². The van der Waals surface area contributed by atoms with Crippen LogP contribution in [0.4, 0.5) is 14.5 Å². The summed E-state index contributed by atoms with van der Waals surface area (Å²) >= 11 is 0. The number of rotatable bonds is 9. The summed E-state index contributed by atoms with van der Waals surface area (Å²) in [4.78, 5) is 12.6. The third-order valence-corrected chi connectivity index (χ3v) is 5.46. The largest absolute Gasteiger partial charge is 0.497 e. The van der Waals surface area contributed by atoms with Gasteiger partial charge in [-0.1, -0.05) is 31.2 Å². The van der Waals surface area contributed by atoms with Crippen LogP contribution in [0.25, 0.3) is 5.69 Å². The predicted octanol–water partition coefficient (Wildman–Crippen LogP) is 6.09. The summed E-state index contributed by atoms with van der Waals surface area (Å²) in [5, 5.41) is 7.28. The molecule has 4 aromatic rings. The van der Waals surface area contributed by atoms with Gasteiger partial charge in [0.05, 0.1) is 24.2 Å². The average Bonchev–Trinajstić information content (AvgIpc) is 3.22. The van der Waals surface area contributed by atoms with Crippen molar-refractivity contribution in [2.24, 2.45) is 0 Å². The van der Waals surface area contributed by atoms with Crippen LogP contribution in [0.3, 0.4) is 0 Å². The monoisotopic (exact) mass is 477 g/mol. The van der Waals surface area contributed by atoms with E-state index in [1.807, 2.05) is 19.1 Å². The van der Waals surface area contributed by atoms with Gasteiger partial charge in [-0.25, -0.2) is 13.5 Å². The summed E-state index contributed by atoms with van der Waals surface area (Å²) < 4.78 is 41.2. The van der Waals surface area contributed by atoms with Crippen LogP contribution >= 0.6 is 0 Å². The van der Waals surface area contributed by atoms with Crippen LogP contribution in [-0.4, -0.2) is 22.8 Å². The Morgan fingerprint density at radius 2 is 1.66 bits per heavy atom. The summed E-state index contributed by atoms with van der Waals surface area (Å²) in [5.74, 6) is -0.343. The summed E-state index contributed by atoms with van der Waals surface area (Å²) in [6, 6.07) is 19.3. The van der Waals surface area contributed by atoms with Crippen molar-refractivity contribution in [2.45, 2.75) is 26.2 Å². The first-order chi connectivity index (χ1) is 17.0. The van der Waals surface area contributed by atoms with E-state index in [9.17, 15) is 13.6 Å². The Bertz CT molecular complexity index is 1320. The molecule has 0 fully saturated rings. The molecule has 0 radical (unpaired) electrons. The number of amides is 1. The Morgan fingerprint density at radius 1 is 0.971 bits per heavy atom. The van der Waals surface area contributed by atoms with Gasteiger partial charge in [-0.2, -0.15) is 5.10 Å². The first kappa shape index (κ1) is 23.9. The lowest BCUT2D eigenvalue weighted by molar-refractivity contribution is -0.116. The number of carbonyl (C=O) groups is 1. The highest BCUT2D eigenvalue weighted by Gasteiger charge is 2.22. The van der Waals surface area contributed by atoms with Crippen LogP contribution in [0, 0.1) is 11.6 Å². The smallest absolute Gasteiger partial charge is 0.226 e. The van der Waals surface area contributed by atoms with Gasteiger partial charge in [-0.15, -0.1) is 0 Å². The summed E-state index contributed by atoms with van der Waals surface area (Å²) in [5.41, 5.74) is 2.19. The van der Waals surface area contributed by atoms with Crippen LogP contribution in [0.15, 0.2) is 72.8 Å². The SMILES string of the molecule is CCc1nn(-c2ccc(OC)cc2)c(Oc2ccccc2F)c1CCC(=O)Nc1ccccc1F. The first-order valence-corrected chi connectivity index (χ1v) is 11.2. The maximum Gasteiger partial charge on any atom is 0.226 e. The van der Waals surface area contributed by atoms with Gasteiger partial charge >= 0.3 is 0 Å². The Morgan fingerprint density at radius 3 is 2.31 bits per heavy atom. The zero-order chi connectivity index (χ0) is 24.8. The number of aromatic nitrogens is 2. The lowest BCUT2D eigenvalue weighted by atomic mass is 10.1. The minimum atomic E-state index is -0.517. The number of halogens is 2. The number of benzene rings is 3. The molecule has 0 aliphatic rings. The Balaban J connectivity index is 1.67. The molecule has 0 aliphatic carbocycles. The third-order valence-electron chi connectivity index (χ3n) is 5.46. The van der Waals surface area contributed by atoms with Crippen molar-refractivity contribution in [3.8, 4) is 23.1 Å². The molecule has 0 saturated carbocycles. The molecule has 0 aliphatic heterocycles. The van der Waals surface area contributed by atoms with E-state index in [0.29, 0.717) is 35.0 Å². The Labute approximate surface area is 202 Å². The van der Waals surface area contributed by atoms with E-state index in [-0.39, 0.29) is 30.2 Å². The molecule has 1 heterocycles. The number of carbonyl (C=O) groups excluding carboxylic acids is 1. The molecule has 0 bridgehead atoms. The summed E-state index contributed by atoms with van der Waals surface area (Å²) in [6.07, 6.45) is 0.897. The van der Waals surface area contributed by atoms with Gasteiger partial charge in [0, 0.05) is 12.0 Å². The van der Waals surface area contributed by atoms with Crippen LogP contribution in [0.5, 0.6) is 17.4 Å². The van der Waals surface area contributed by atoms with E-state index >= 15 is 0 Å². The van der Waals surface area contributed by atoms with Gasteiger partial charge < -0.3 is 14.8 Å². The van der Waals surface area contributed by atoms with Gasteiger partial charge in [0.2, 0.25) is 11.8 Å². The van der Waals surface area contributed by atoms with Crippen molar-refractivity contribution >= 4 is 11.6 Å². The van der Waals surface area contributed by atoms with E-state index < -0.39 is 11.6 Å². The molecule has 8 heteroatoms. The fourth-order valence-electron chi connectivity index (χ4n) is 3.66. The highest BCUT2D eigenvalue weighted by molar-refractivity contribution is 5.91. The second-order valence-corrected chi connectivity index (χ2v) is 7.75. The second kappa shape index (κ2) is 10.8. The third kappa shape index (κ3) is 5.48. The molecule has 1 N–H and O–H groups in total. The van der Waals surface area contributed by atoms with E-state index in [4.69, 9.17) is 14.6 Å². The maximum atomic E-state index is 14.5. The molecule has 0 unspecified atom stereocenters. The van der Waals surface area contributed by atoms with Crippen molar-refractivity contribution in [3.05, 3.63) is 95.7 Å². The molecule has 6 nitrogen and oxygen atoms in total. The normalized spacial score (nSPS) is 10.7. The zero-order valence-electron chi connectivity index (χ0n) is 19.4. The molecule has 0 saturated heterocycles. The van der Waals surface area contributed by atoms with Crippen molar-refractivity contribution in [2.75, 3.05) is 12.4 Å². The number of methoxy groups -OCH3 is 1. The predicted molar refractivity (Wildman–Crippen MR) is 129 cm³/mol. The van der Waals surface area contributed by atoms with Crippen molar-refractivity contribution < 1.29 is 23.0 Å². The van der Waals surface area contributed by atoms with Gasteiger partial charge in [0.1, 0.15) is 11.6 Å². The Hall–Kier alpha value is -4.20. The highest BCUT2D eigenvalue weighted by atomic mass is 19.1. The van der Waals surface area contributed by atoms with Gasteiger partial charge in [0.25, 0.3) is 0 Å². The number of hydrogen-bond acceptors (Lipinski definition) is 4. The van der Waals surface area contributed by atoms with Crippen molar-refractivity contribution in [1.29, 1.82) is 0 Å². The number of nitrogens with zero attached hydrogens (tertiary/aromatic N) is 2. The molecule has 4 rings (SSSR count). The van der Waals surface area contributed by atoms with E-state index in [1.54, 1.807) is 48.2 Å². The number of nitrogens with one attached hydrogen (secondary N) is 1. The minimum Gasteiger partial charge on any atom is -0.497 e. The van der Waals surface area contributed by atoms with Crippen LogP contribution in [0.1, 0.15) is 24.6 Å². The van der Waals surface area contributed by atoms with Gasteiger partial charge in [-0.05, 0) is 61.4 Å². The molecule has 180 valence electrons. The van der Waals surface area contributed by atoms with Gasteiger partial charge in [-0.3, -0.25) is 4.79 Å². The summed E-state index contributed by atoms with van der Waals surface area (Å²) in [6.45, 7) is 1.94. The Kier molecular flexibility index (Phi) is 7.40. The zero-order valence-corrected chi connectivity index (χ0v) is 19.4. The molecule has 3 aromatic carbocycles. The fraction of sp³-hybridized carbons (Fsp3) is 0.185. The van der Waals surface area contributed by atoms with Crippen molar-refractivity contribution in [3.63, 3.8) is 0 Å². The van der Waals surface area contributed by atoms with Crippen molar-refractivity contribution in [1.82, 2.24) is 9.78 Å². The van der Waals surface area contributed by atoms with Gasteiger partial charge in [0.15, 0.2) is 11.6 Å². The molecular weight excluding hydrogens is 452 g/mol. The summed E-state index contributed by atoms with van der Waals surface area (Å²) in [7, 11) is 1.58. The van der Waals surface area contributed by atoms with Crippen LogP contribution < -0.4 is 14.8 Å². The second-order valence-electron chi connectivity index (χ2n) is 7.75. The quantitative estimate of drug-likeness (QED) is 0.317. The molecule has 1 aromatic heterocycles. The molecule has 1 amide bonds. The minimum absolute atomic E-state index is 0.0434. The molecule has 35 heavy (non-hydrogen) atoms. The highest BCUT2D eigenvalue weighted by Crippen LogP contribution is 2.33. The number of anilines is 1. The maximum absolute atomic E-state index is 14.5. The fourth-order valence-corrected chi connectivity index (χ4v) is 3.66. The number of para-hydroxylation sites is 2. The topological polar surface area (TPSA) is 65.4 Å². The van der Waals surface area contributed by atoms with Crippen LogP contribution in [-0.2, 0) is 17.6 Å². The average molecular weight is 478 g/mol. The molecule has 0 spiro atoms. The number of ether oxygens (including phenoxy) is 2. The lowest BCUT2D eigenvalue weighted by Crippen LogP contribution is -2.13. The van der Waals surface area contributed by atoms with E-state index in [2.05, 4.69) is 5.32 Å². The first-order valence-electron chi connectivity index (χ1n) is 11.2. The van der Waals surface area contributed by atoms with Crippen LogP contribution in [0.2, 0.25) is 0 Å². The lowest BCUT2D eigenvalue weighted by Gasteiger charge is -2.12. The number of aryl methyl sites for hydroxylation is 1. The number of hydrogen-bond donors (Lipinski definition) is 1. The standard InChI is InChI=1S/C27H25F2N3O3/c1-3-23-20(16-17-26(33)30-24-10-6-4-8-21(24)28)27(35-25-11-7-5-9-22(25)29)32(31-23)18-12-14-19(34-2)15-13-18/h4-15H,3,16-17H2,1-2H3,(H,30,33). The molecular formula is C27H25F2N3O3.